The SMILES string of the molecule is COc1ccc(Cl)cc1CC(=O)NC[C@@H]1CCS(=O)(=O)C1. The van der Waals surface area contributed by atoms with Gasteiger partial charge in [0.05, 0.1) is 25.0 Å². The molecule has 1 amide bonds. The summed E-state index contributed by atoms with van der Waals surface area (Å²) in [6, 6.07) is 5.11. The molecule has 5 nitrogen and oxygen atoms in total. The third-order valence-corrected chi connectivity index (χ3v) is 5.58. The highest BCUT2D eigenvalue weighted by atomic mass is 35.5. The van der Waals surface area contributed by atoms with Crippen LogP contribution in [0.4, 0.5) is 0 Å². The first kappa shape index (κ1) is 16.1. The van der Waals surface area contributed by atoms with Crippen molar-refractivity contribution in [2.75, 3.05) is 25.2 Å². The molecule has 1 fully saturated rings. The van der Waals surface area contributed by atoms with Crippen LogP contribution in [0.1, 0.15) is 12.0 Å². The quantitative estimate of drug-likeness (QED) is 0.886. The largest absolute Gasteiger partial charge is 0.496 e. The van der Waals surface area contributed by atoms with E-state index in [-0.39, 0.29) is 29.8 Å². The summed E-state index contributed by atoms with van der Waals surface area (Å²) >= 11 is 5.92. The number of carbonyl (C=O) groups excluding carboxylic acids is 1. The lowest BCUT2D eigenvalue weighted by Gasteiger charge is -2.11. The van der Waals surface area contributed by atoms with Crippen molar-refractivity contribution < 1.29 is 17.9 Å². The van der Waals surface area contributed by atoms with Crippen LogP contribution in [0.25, 0.3) is 0 Å². The second-order valence-corrected chi connectivity index (χ2v) is 7.87. The molecular formula is C14H18ClNO4S. The Morgan fingerprint density at radius 3 is 2.86 bits per heavy atom. The van der Waals surface area contributed by atoms with Crippen LogP contribution in [0.3, 0.4) is 0 Å². The van der Waals surface area contributed by atoms with Gasteiger partial charge in [0, 0.05) is 17.1 Å². The molecule has 0 saturated carbocycles. The Morgan fingerprint density at radius 1 is 1.48 bits per heavy atom. The molecule has 1 aliphatic rings. The van der Waals surface area contributed by atoms with Gasteiger partial charge in [0.2, 0.25) is 5.91 Å². The van der Waals surface area contributed by atoms with Gasteiger partial charge in [-0.15, -0.1) is 0 Å². The number of rotatable bonds is 5. The Kier molecular flexibility index (Phi) is 5.11. The number of carbonyl (C=O) groups is 1. The Hall–Kier alpha value is -1.27. The van der Waals surface area contributed by atoms with E-state index in [1.807, 2.05) is 0 Å². The van der Waals surface area contributed by atoms with Crippen molar-refractivity contribution in [3.8, 4) is 5.75 Å². The van der Waals surface area contributed by atoms with Crippen LogP contribution >= 0.6 is 11.6 Å². The maximum atomic E-state index is 12.0. The number of hydrogen-bond acceptors (Lipinski definition) is 4. The molecule has 0 unspecified atom stereocenters. The molecule has 1 N–H and O–H groups in total. The van der Waals surface area contributed by atoms with Crippen molar-refractivity contribution in [3.63, 3.8) is 0 Å². The Morgan fingerprint density at radius 2 is 2.24 bits per heavy atom. The number of sulfone groups is 1. The van der Waals surface area contributed by atoms with Crippen molar-refractivity contribution in [2.45, 2.75) is 12.8 Å². The van der Waals surface area contributed by atoms with Gasteiger partial charge in [0.15, 0.2) is 9.84 Å². The summed E-state index contributed by atoms with van der Waals surface area (Å²) in [5.74, 6) is 0.835. The smallest absolute Gasteiger partial charge is 0.224 e. The van der Waals surface area contributed by atoms with Crippen molar-refractivity contribution in [1.82, 2.24) is 5.32 Å². The number of amides is 1. The van der Waals surface area contributed by atoms with Crippen molar-refractivity contribution in [2.24, 2.45) is 5.92 Å². The number of methoxy groups -OCH3 is 1. The van der Waals surface area contributed by atoms with E-state index in [0.29, 0.717) is 29.3 Å². The number of benzene rings is 1. The van der Waals surface area contributed by atoms with Gasteiger partial charge < -0.3 is 10.1 Å². The second-order valence-electron chi connectivity index (χ2n) is 5.21. The van der Waals surface area contributed by atoms with E-state index in [2.05, 4.69) is 5.32 Å². The number of ether oxygens (including phenoxy) is 1. The monoisotopic (exact) mass is 331 g/mol. The molecule has 1 atom stereocenters. The molecule has 7 heteroatoms. The van der Waals surface area contributed by atoms with Gasteiger partial charge in [-0.1, -0.05) is 11.6 Å². The third-order valence-electron chi connectivity index (χ3n) is 3.51. The minimum atomic E-state index is -2.91. The van der Waals surface area contributed by atoms with Crippen molar-refractivity contribution in [1.29, 1.82) is 0 Å². The van der Waals surface area contributed by atoms with Crippen LogP contribution in [-0.2, 0) is 21.1 Å². The van der Waals surface area contributed by atoms with Crippen LogP contribution in [0.5, 0.6) is 5.75 Å². The average Bonchev–Trinajstić information content (AvgIpc) is 2.76. The number of nitrogens with one attached hydrogen (secondary N) is 1. The molecule has 1 heterocycles. The fourth-order valence-electron chi connectivity index (χ4n) is 2.41. The second kappa shape index (κ2) is 6.66. The van der Waals surface area contributed by atoms with Crippen molar-refractivity contribution >= 4 is 27.3 Å². The molecule has 0 radical (unpaired) electrons. The molecule has 116 valence electrons. The van der Waals surface area contributed by atoms with Gasteiger partial charge in [-0.2, -0.15) is 0 Å². The molecule has 0 spiro atoms. The lowest BCUT2D eigenvalue weighted by atomic mass is 10.1. The maximum absolute atomic E-state index is 12.0. The molecular weight excluding hydrogens is 314 g/mol. The molecule has 0 bridgehead atoms. The van der Waals surface area contributed by atoms with Crippen LogP contribution in [-0.4, -0.2) is 39.5 Å². The summed E-state index contributed by atoms with van der Waals surface area (Å²) in [6.07, 6.45) is 0.770. The first-order valence-electron chi connectivity index (χ1n) is 6.69. The third kappa shape index (κ3) is 4.61. The van der Waals surface area contributed by atoms with Gasteiger partial charge in [-0.3, -0.25) is 4.79 Å². The Balaban J connectivity index is 1.89. The van der Waals surface area contributed by atoms with E-state index in [0.717, 1.165) is 0 Å². The summed E-state index contributed by atoms with van der Waals surface area (Å²) in [5.41, 5.74) is 0.710. The van der Waals surface area contributed by atoms with E-state index >= 15 is 0 Å². The van der Waals surface area contributed by atoms with Gasteiger partial charge in [0.25, 0.3) is 0 Å². The van der Waals surface area contributed by atoms with Gasteiger partial charge in [-0.25, -0.2) is 8.42 Å². The standard InChI is InChI=1S/C14H18ClNO4S/c1-20-13-3-2-12(15)6-11(13)7-14(17)16-8-10-4-5-21(18,19)9-10/h2-3,6,10H,4-5,7-9H2,1H3,(H,16,17)/t10-/m0/s1. The van der Waals surface area contributed by atoms with E-state index in [1.165, 1.54) is 7.11 Å². The van der Waals surface area contributed by atoms with Crippen molar-refractivity contribution in [3.05, 3.63) is 28.8 Å². The predicted molar refractivity (Wildman–Crippen MR) is 81.5 cm³/mol. The highest BCUT2D eigenvalue weighted by Gasteiger charge is 2.27. The normalized spacial score (nSPS) is 20.2. The zero-order chi connectivity index (χ0) is 15.5. The Bertz CT molecular complexity index is 630. The fourth-order valence-corrected chi connectivity index (χ4v) is 4.47. The maximum Gasteiger partial charge on any atom is 0.224 e. The molecule has 2 rings (SSSR count). The predicted octanol–water partition coefficient (Wildman–Crippen LogP) is 1.44. The minimum Gasteiger partial charge on any atom is -0.496 e. The number of hydrogen-bond donors (Lipinski definition) is 1. The summed E-state index contributed by atoms with van der Waals surface area (Å²) in [6.45, 7) is 0.390. The zero-order valence-electron chi connectivity index (χ0n) is 11.8. The van der Waals surface area contributed by atoms with E-state index < -0.39 is 9.84 Å². The summed E-state index contributed by atoms with van der Waals surface area (Å²) in [4.78, 5) is 12.0. The molecule has 21 heavy (non-hydrogen) atoms. The Labute approximate surface area is 129 Å². The summed E-state index contributed by atoms with van der Waals surface area (Å²) in [7, 11) is -1.37. The molecule has 0 aromatic heterocycles. The number of halogens is 1. The molecule has 1 saturated heterocycles. The summed E-state index contributed by atoms with van der Waals surface area (Å²) in [5, 5.41) is 3.32. The minimum absolute atomic E-state index is 0.0141. The molecule has 1 aromatic rings. The van der Waals surface area contributed by atoms with Gasteiger partial charge >= 0.3 is 0 Å². The van der Waals surface area contributed by atoms with Crippen LogP contribution in [0.15, 0.2) is 18.2 Å². The molecule has 1 aromatic carbocycles. The molecule has 1 aliphatic heterocycles. The summed E-state index contributed by atoms with van der Waals surface area (Å²) < 4.78 is 27.9. The first-order valence-corrected chi connectivity index (χ1v) is 8.89. The van der Waals surface area contributed by atoms with E-state index in [9.17, 15) is 13.2 Å². The van der Waals surface area contributed by atoms with Crippen LogP contribution < -0.4 is 10.1 Å². The lowest BCUT2D eigenvalue weighted by Crippen LogP contribution is -2.31. The zero-order valence-corrected chi connectivity index (χ0v) is 13.3. The topological polar surface area (TPSA) is 72.5 Å². The van der Waals surface area contributed by atoms with E-state index in [1.54, 1.807) is 18.2 Å². The van der Waals surface area contributed by atoms with E-state index in [4.69, 9.17) is 16.3 Å². The molecule has 0 aliphatic carbocycles. The van der Waals surface area contributed by atoms with Gasteiger partial charge in [0.1, 0.15) is 5.75 Å². The van der Waals surface area contributed by atoms with Crippen LogP contribution in [0, 0.1) is 5.92 Å². The van der Waals surface area contributed by atoms with Crippen LogP contribution in [0.2, 0.25) is 5.02 Å². The highest BCUT2D eigenvalue weighted by molar-refractivity contribution is 7.91. The highest BCUT2D eigenvalue weighted by Crippen LogP contribution is 2.23. The first-order chi connectivity index (χ1) is 9.89. The van der Waals surface area contributed by atoms with Gasteiger partial charge in [-0.05, 0) is 30.5 Å². The fraction of sp³-hybridized carbons (Fsp3) is 0.500. The average molecular weight is 332 g/mol. The lowest BCUT2D eigenvalue weighted by molar-refractivity contribution is -0.120.